The molecular formula is C12H16N6OS2. The average molecular weight is 324 g/mol. The lowest BCUT2D eigenvalue weighted by atomic mass is 10.2. The Labute approximate surface area is 132 Å². The van der Waals surface area contributed by atoms with Crippen molar-refractivity contribution >= 4 is 41.7 Å². The maximum Gasteiger partial charge on any atom is 0.265 e. The summed E-state index contributed by atoms with van der Waals surface area (Å²) in [6.45, 7) is 0.791. The highest BCUT2D eigenvalue weighted by Crippen LogP contribution is 2.31. The van der Waals surface area contributed by atoms with Crippen LogP contribution in [0.25, 0.3) is 0 Å². The van der Waals surface area contributed by atoms with Gasteiger partial charge in [0.1, 0.15) is 11.4 Å². The Bertz CT molecular complexity index is 630. The molecule has 0 amide bonds. The number of phenolic OH excluding ortho intramolecular Hbond substituents is 1. The Morgan fingerprint density at radius 1 is 1.43 bits per heavy atom. The van der Waals surface area contributed by atoms with Crippen LogP contribution in [-0.2, 0) is 0 Å². The highest BCUT2D eigenvalue weighted by molar-refractivity contribution is 7.98. The van der Waals surface area contributed by atoms with Crippen molar-refractivity contribution in [3.63, 3.8) is 0 Å². The monoisotopic (exact) mass is 324 g/mol. The molecule has 1 aromatic carbocycles. The van der Waals surface area contributed by atoms with E-state index in [1.165, 1.54) is 11.8 Å². The van der Waals surface area contributed by atoms with E-state index >= 15 is 0 Å². The van der Waals surface area contributed by atoms with Gasteiger partial charge in [-0.2, -0.15) is 17.6 Å². The largest absolute Gasteiger partial charge is 0.506 e. The van der Waals surface area contributed by atoms with E-state index in [0.717, 1.165) is 18.0 Å². The number of hydrogen-bond acceptors (Lipinski definition) is 8. The van der Waals surface area contributed by atoms with Crippen molar-refractivity contribution in [2.75, 3.05) is 30.5 Å². The molecule has 0 unspecified atom stereocenters. The van der Waals surface area contributed by atoms with E-state index in [0.29, 0.717) is 16.8 Å². The van der Waals surface area contributed by atoms with Crippen LogP contribution in [0.5, 0.6) is 5.75 Å². The number of thiol groups is 1. The summed E-state index contributed by atoms with van der Waals surface area (Å²) < 4.78 is 0. The van der Waals surface area contributed by atoms with Gasteiger partial charge in [-0.15, -0.1) is 15.3 Å². The Morgan fingerprint density at radius 3 is 2.86 bits per heavy atom. The van der Waals surface area contributed by atoms with Crippen molar-refractivity contribution < 1.29 is 5.11 Å². The number of H-pyrrole nitrogens is 1. The summed E-state index contributed by atoms with van der Waals surface area (Å²) in [4.78, 5) is 6.08. The number of rotatable bonds is 6. The summed E-state index contributed by atoms with van der Waals surface area (Å²) >= 11 is 5.59. The molecule has 9 heteroatoms. The van der Waals surface area contributed by atoms with E-state index in [1.807, 2.05) is 24.3 Å². The van der Waals surface area contributed by atoms with E-state index in [2.05, 4.69) is 38.0 Å². The molecule has 112 valence electrons. The van der Waals surface area contributed by atoms with E-state index in [4.69, 9.17) is 0 Å². The fourth-order valence-electron chi connectivity index (χ4n) is 1.59. The molecule has 0 atom stereocenters. The van der Waals surface area contributed by atoms with Gasteiger partial charge in [-0.05, 0) is 18.4 Å². The first-order chi connectivity index (χ1) is 10.1. The second-order valence-electron chi connectivity index (χ2n) is 4.16. The molecule has 0 aliphatic rings. The molecule has 0 saturated carbocycles. The minimum atomic E-state index is 0.0619. The van der Waals surface area contributed by atoms with E-state index in [1.54, 1.807) is 12.1 Å². The Kier molecular flexibility index (Phi) is 5.45. The molecule has 1 aromatic heterocycles. The number of aromatic amines is 1. The number of nitrogens with zero attached hydrogens (tertiary/aromatic N) is 5. The first-order valence-corrected chi connectivity index (χ1v) is 8.03. The molecule has 1 heterocycles. The zero-order valence-electron chi connectivity index (χ0n) is 11.7. The summed E-state index contributed by atoms with van der Waals surface area (Å²) in [5.74, 6) is 1.10. The first kappa shape index (κ1) is 15.6. The van der Waals surface area contributed by atoms with Crippen LogP contribution in [0.4, 0.5) is 17.3 Å². The lowest BCUT2D eigenvalue weighted by Crippen LogP contribution is -2.19. The molecular weight excluding hydrogens is 308 g/mol. The van der Waals surface area contributed by atoms with Gasteiger partial charge >= 0.3 is 0 Å². The van der Waals surface area contributed by atoms with Gasteiger partial charge in [0.25, 0.3) is 5.95 Å². The zero-order chi connectivity index (χ0) is 15.2. The van der Waals surface area contributed by atoms with Gasteiger partial charge in [0.15, 0.2) is 0 Å². The van der Waals surface area contributed by atoms with Gasteiger partial charge in [0.05, 0.1) is 0 Å². The zero-order valence-corrected chi connectivity index (χ0v) is 13.4. The van der Waals surface area contributed by atoms with Crippen LogP contribution >= 0.6 is 24.4 Å². The van der Waals surface area contributed by atoms with Gasteiger partial charge < -0.3 is 10.0 Å². The van der Waals surface area contributed by atoms with Crippen molar-refractivity contribution in [1.29, 1.82) is 0 Å². The van der Waals surface area contributed by atoms with Crippen molar-refractivity contribution in [1.82, 2.24) is 15.2 Å². The van der Waals surface area contributed by atoms with Crippen LogP contribution in [0.1, 0.15) is 0 Å². The molecule has 0 aliphatic heterocycles. The van der Waals surface area contributed by atoms with Crippen LogP contribution in [-0.4, -0.2) is 45.9 Å². The maximum atomic E-state index is 9.99. The summed E-state index contributed by atoms with van der Waals surface area (Å²) in [7, 11) is 1.94. The minimum Gasteiger partial charge on any atom is -0.506 e. The number of phenols is 1. The molecule has 0 radical (unpaired) electrons. The molecule has 2 aromatic rings. The first-order valence-electron chi connectivity index (χ1n) is 6.17. The normalized spacial score (nSPS) is 11.2. The number of azo groups is 1. The van der Waals surface area contributed by atoms with Crippen molar-refractivity contribution in [2.24, 2.45) is 10.2 Å². The van der Waals surface area contributed by atoms with Crippen LogP contribution in [0.2, 0.25) is 0 Å². The number of thioether (sulfide) groups is 1. The molecule has 0 saturated heterocycles. The quantitative estimate of drug-likeness (QED) is 0.432. The highest BCUT2D eigenvalue weighted by atomic mass is 32.2. The summed E-state index contributed by atoms with van der Waals surface area (Å²) in [5, 5.41) is 25.0. The Hall–Kier alpha value is -1.74. The average Bonchev–Trinajstić information content (AvgIpc) is 2.94. The molecule has 0 aliphatic carbocycles. The second kappa shape index (κ2) is 7.32. The number of benzene rings is 1. The lowest BCUT2D eigenvalue weighted by molar-refractivity contribution is 0.476. The van der Waals surface area contributed by atoms with Gasteiger partial charge in [-0.1, -0.05) is 11.8 Å². The van der Waals surface area contributed by atoms with E-state index < -0.39 is 0 Å². The van der Waals surface area contributed by atoms with Crippen LogP contribution in [0.3, 0.4) is 0 Å². The van der Waals surface area contributed by atoms with Gasteiger partial charge in [0.2, 0.25) is 5.16 Å². The molecule has 7 nitrogen and oxygen atoms in total. The number of anilines is 1. The predicted molar refractivity (Wildman–Crippen MR) is 87.6 cm³/mol. The Balaban J connectivity index is 2.13. The molecule has 2 N–H and O–H groups in total. The standard InChI is InChI=1S/C12H16N6OS2/c1-18(5-6-20)8-3-4-9(10(19)7-8)14-15-11-13-12(21-2)17-16-11/h3-4,7,19-20H,5-6H2,1-2H3,(H,13,16,17). The number of aromatic nitrogens is 3. The van der Waals surface area contributed by atoms with Crippen LogP contribution in [0, 0.1) is 0 Å². The minimum absolute atomic E-state index is 0.0619. The summed E-state index contributed by atoms with van der Waals surface area (Å²) in [5.41, 5.74) is 1.27. The van der Waals surface area contributed by atoms with Crippen molar-refractivity contribution in [3.05, 3.63) is 18.2 Å². The second-order valence-corrected chi connectivity index (χ2v) is 5.38. The lowest BCUT2D eigenvalue weighted by Gasteiger charge is -2.18. The summed E-state index contributed by atoms with van der Waals surface area (Å²) in [6.07, 6.45) is 1.87. The fourth-order valence-corrected chi connectivity index (χ4v) is 2.20. The molecule has 21 heavy (non-hydrogen) atoms. The molecule has 0 fully saturated rings. The van der Waals surface area contributed by atoms with Crippen LogP contribution in [0.15, 0.2) is 33.6 Å². The van der Waals surface area contributed by atoms with Crippen molar-refractivity contribution in [3.8, 4) is 5.75 Å². The number of hydrogen-bond donors (Lipinski definition) is 3. The summed E-state index contributed by atoms with van der Waals surface area (Å²) in [6, 6.07) is 5.21. The predicted octanol–water partition coefficient (Wildman–Crippen LogP) is 3.01. The van der Waals surface area contributed by atoms with Gasteiger partial charge in [-0.25, -0.2) is 5.10 Å². The van der Waals surface area contributed by atoms with Crippen LogP contribution < -0.4 is 4.90 Å². The third-order valence-electron chi connectivity index (χ3n) is 2.72. The Morgan fingerprint density at radius 2 is 2.24 bits per heavy atom. The molecule has 0 spiro atoms. The van der Waals surface area contributed by atoms with E-state index in [-0.39, 0.29) is 5.75 Å². The smallest absolute Gasteiger partial charge is 0.265 e. The SMILES string of the molecule is CSc1n[nH]c(N=Nc2ccc(N(C)CCS)cc2O)n1. The number of aromatic hydroxyl groups is 1. The van der Waals surface area contributed by atoms with Gasteiger partial charge in [0, 0.05) is 31.1 Å². The highest BCUT2D eigenvalue weighted by Gasteiger charge is 2.06. The molecule has 2 rings (SSSR count). The van der Waals surface area contributed by atoms with Gasteiger partial charge in [-0.3, -0.25) is 0 Å². The fraction of sp³-hybridized carbons (Fsp3) is 0.333. The molecule has 0 bridgehead atoms. The third kappa shape index (κ3) is 4.11. The third-order valence-corrected chi connectivity index (χ3v) is 3.47. The topological polar surface area (TPSA) is 89.8 Å². The van der Waals surface area contributed by atoms with Crippen molar-refractivity contribution in [2.45, 2.75) is 5.16 Å². The van der Waals surface area contributed by atoms with E-state index in [9.17, 15) is 5.11 Å². The number of nitrogens with one attached hydrogen (secondary N) is 1. The maximum absolute atomic E-state index is 9.99.